The Morgan fingerprint density at radius 3 is 2.68 bits per heavy atom. The third-order valence-corrected chi connectivity index (χ3v) is 7.49. The number of carbonyl (C=O) groups is 2. The van der Waals surface area contributed by atoms with Crippen molar-refractivity contribution >= 4 is 35.0 Å². The summed E-state index contributed by atoms with van der Waals surface area (Å²) in [6.45, 7) is 0.189. The summed E-state index contributed by atoms with van der Waals surface area (Å²) in [4.78, 5) is 26.3. The number of esters is 1. The van der Waals surface area contributed by atoms with Crippen LogP contribution in [0.2, 0.25) is 0 Å². The van der Waals surface area contributed by atoms with Crippen LogP contribution in [0.3, 0.4) is 0 Å². The highest BCUT2D eigenvalue weighted by molar-refractivity contribution is 7.98. The maximum atomic E-state index is 12.9. The Labute approximate surface area is 189 Å². The monoisotopic (exact) mass is 456 g/mol. The second kappa shape index (κ2) is 10.1. The third-order valence-electron chi connectivity index (χ3n) is 5.07. The van der Waals surface area contributed by atoms with E-state index in [2.05, 4.69) is 5.32 Å². The molecular formula is C23H24N2O4S2. The number of nitrogens with one attached hydrogen (secondary N) is 1. The van der Waals surface area contributed by atoms with Crippen LogP contribution in [0.5, 0.6) is 5.75 Å². The van der Waals surface area contributed by atoms with Crippen LogP contribution in [0.25, 0.3) is 5.00 Å². The van der Waals surface area contributed by atoms with E-state index in [1.165, 1.54) is 4.88 Å². The maximum Gasteiger partial charge on any atom is 0.341 e. The normalized spacial score (nSPS) is 12.8. The van der Waals surface area contributed by atoms with Gasteiger partial charge in [0, 0.05) is 29.6 Å². The molecule has 0 aliphatic carbocycles. The number of thioether (sulfide) groups is 1. The molecule has 2 aromatic heterocycles. The van der Waals surface area contributed by atoms with Crippen LogP contribution in [0.4, 0.5) is 0 Å². The standard InChI is InChI=1S/C23H24N2O4S2/c1-28-17-6-4-16(5-7-17)8-10-24-20(26)14-29-23(27)21-18-9-13-30-15-19(18)31-22(21)25-11-2-3-12-25/h2-7,11-12H,8-10,13-15H2,1H3,(H,24,26). The molecule has 4 rings (SSSR count). The van der Waals surface area contributed by atoms with Crippen molar-refractivity contribution in [2.45, 2.75) is 18.6 Å². The number of hydrogen-bond donors (Lipinski definition) is 1. The minimum atomic E-state index is -0.432. The number of methoxy groups -OCH3 is 1. The van der Waals surface area contributed by atoms with Gasteiger partial charge >= 0.3 is 5.97 Å². The number of carbonyl (C=O) groups excluding carboxylic acids is 2. The molecule has 0 radical (unpaired) electrons. The molecule has 8 heteroatoms. The number of ether oxygens (including phenoxy) is 2. The van der Waals surface area contributed by atoms with E-state index in [4.69, 9.17) is 9.47 Å². The zero-order valence-electron chi connectivity index (χ0n) is 17.3. The van der Waals surface area contributed by atoms with E-state index >= 15 is 0 Å². The zero-order valence-corrected chi connectivity index (χ0v) is 18.9. The van der Waals surface area contributed by atoms with Gasteiger partial charge < -0.3 is 19.4 Å². The molecule has 0 unspecified atom stereocenters. The van der Waals surface area contributed by atoms with Gasteiger partial charge in [0.05, 0.1) is 12.7 Å². The SMILES string of the molecule is COc1ccc(CCNC(=O)COC(=O)c2c(-n3cccc3)sc3c2CCSC3)cc1. The Morgan fingerprint density at radius 2 is 1.94 bits per heavy atom. The second-order valence-corrected chi connectivity index (χ2v) is 9.29. The molecule has 1 aliphatic heterocycles. The molecule has 3 heterocycles. The van der Waals surface area contributed by atoms with E-state index in [0.717, 1.165) is 39.8 Å². The van der Waals surface area contributed by atoms with Crippen LogP contribution in [0.1, 0.15) is 26.4 Å². The van der Waals surface area contributed by atoms with E-state index < -0.39 is 5.97 Å². The van der Waals surface area contributed by atoms with Gasteiger partial charge in [0.2, 0.25) is 0 Å². The molecule has 0 spiro atoms. The van der Waals surface area contributed by atoms with E-state index in [-0.39, 0.29) is 12.5 Å². The average Bonchev–Trinajstić information content (AvgIpc) is 3.45. The zero-order chi connectivity index (χ0) is 21.6. The van der Waals surface area contributed by atoms with Crippen molar-refractivity contribution in [3.05, 3.63) is 70.4 Å². The lowest BCUT2D eigenvalue weighted by molar-refractivity contribution is -0.124. The van der Waals surface area contributed by atoms with Crippen LogP contribution in [0, 0.1) is 0 Å². The molecule has 3 aromatic rings. The quantitative estimate of drug-likeness (QED) is 0.522. The summed E-state index contributed by atoms with van der Waals surface area (Å²) in [6, 6.07) is 11.6. The third kappa shape index (κ3) is 5.14. The Hall–Kier alpha value is -2.71. The summed E-state index contributed by atoms with van der Waals surface area (Å²) in [7, 11) is 1.63. The smallest absolute Gasteiger partial charge is 0.341 e. The first kappa shape index (κ1) is 21.5. The molecule has 0 saturated heterocycles. The first-order valence-electron chi connectivity index (χ1n) is 10.1. The van der Waals surface area contributed by atoms with Crippen LogP contribution in [-0.2, 0) is 28.1 Å². The summed E-state index contributed by atoms with van der Waals surface area (Å²) in [5, 5.41) is 3.67. The molecule has 1 aromatic carbocycles. The fourth-order valence-corrected chi connectivity index (χ4v) is 5.91. The first-order chi connectivity index (χ1) is 15.2. The highest BCUT2D eigenvalue weighted by Crippen LogP contribution is 2.38. The molecule has 31 heavy (non-hydrogen) atoms. The highest BCUT2D eigenvalue weighted by atomic mass is 32.2. The van der Waals surface area contributed by atoms with E-state index in [1.807, 2.05) is 65.1 Å². The van der Waals surface area contributed by atoms with Gasteiger partial charge in [0.15, 0.2) is 6.61 Å². The number of benzene rings is 1. The van der Waals surface area contributed by atoms with Gasteiger partial charge in [-0.15, -0.1) is 11.3 Å². The highest BCUT2D eigenvalue weighted by Gasteiger charge is 2.27. The van der Waals surface area contributed by atoms with Crippen LogP contribution < -0.4 is 10.1 Å². The summed E-state index contributed by atoms with van der Waals surface area (Å²) in [6.07, 6.45) is 5.38. The van der Waals surface area contributed by atoms with Crippen LogP contribution >= 0.6 is 23.1 Å². The molecule has 1 amide bonds. The van der Waals surface area contributed by atoms with Gasteiger partial charge in [-0.25, -0.2) is 4.79 Å². The number of rotatable bonds is 8. The largest absolute Gasteiger partial charge is 0.497 e. The van der Waals surface area contributed by atoms with Gasteiger partial charge in [0.25, 0.3) is 5.91 Å². The summed E-state index contributed by atoms with van der Waals surface area (Å²) in [5.41, 5.74) is 2.76. The molecular weight excluding hydrogens is 432 g/mol. The fourth-order valence-electron chi connectivity index (χ4n) is 3.47. The molecule has 0 saturated carbocycles. The minimum Gasteiger partial charge on any atom is -0.497 e. The van der Waals surface area contributed by atoms with E-state index in [1.54, 1.807) is 18.4 Å². The summed E-state index contributed by atoms with van der Waals surface area (Å²) in [5.74, 6) is 1.96. The predicted molar refractivity (Wildman–Crippen MR) is 124 cm³/mol. The Balaban J connectivity index is 1.34. The van der Waals surface area contributed by atoms with E-state index in [0.29, 0.717) is 18.5 Å². The molecule has 0 fully saturated rings. The van der Waals surface area contributed by atoms with E-state index in [9.17, 15) is 9.59 Å². The molecule has 6 nitrogen and oxygen atoms in total. The van der Waals surface area contributed by atoms with Crippen molar-refractivity contribution in [2.75, 3.05) is 26.0 Å². The van der Waals surface area contributed by atoms with Crippen molar-refractivity contribution in [2.24, 2.45) is 0 Å². The lowest BCUT2D eigenvalue weighted by Gasteiger charge is -2.13. The van der Waals surface area contributed by atoms with Gasteiger partial charge in [-0.3, -0.25) is 4.79 Å². The van der Waals surface area contributed by atoms with Crippen molar-refractivity contribution in [3.63, 3.8) is 0 Å². The fraction of sp³-hybridized carbons (Fsp3) is 0.304. The van der Waals surface area contributed by atoms with Gasteiger partial charge in [-0.2, -0.15) is 11.8 Å². The predicted octanol–water partition coefficient (Wildman–Crippen LogP) is 3.85. The lowest BCUT2D eigenvalue weighted by Crippen LogP contribution is -2.30. The van der Waals surface area contributed by atoms with Crippen LogP contribution in [-0.4, -0.2) is 42.5 Å². The van der Waals surface area contributed by atoms with Gasteiger partial charge in [-0.05, 0) is 54.0 Å². The molecule has 1 N–H and O–H groups in total. The minimum absolute atomic E-state index is 0.286. The molecule has 162 valence electrons. The molecule has 1 aliphatic rings. The molecule has 0 bridgehead atoms. The van der Waals surface area contributed by atoms with Gasteiger partial charge in [0.1, 0.15) is 10.8 Å². The van der Waals surface area contributed by atoms with Crippen molar-refractivity contribution < 1.29 is 19.1 Å². The number of nitrogens with zero attached hydrogens (tertiary/aromatic N) is 1. The number of thiophene rings is 1. The number of aromatic nitrogens is 1. The average molecular weight is 457 g/mol. The maximum absolute atomic E-state index is 12.9. The summed E-state index contributed by atoms with van der Waals surface area (Å²) >= 11 is 3.50. The second-order valence-electron chi connectivity index (χ2n) is 7.10. The topological polar surface area (TPSA) is 69.6 Å². The Kier molecular flexibility index (Phi) is 6.99. The summed E-state index contributed by atoms with van der Waals surface area (Å²) < 4.78 is 12.5. The van der Waals surface area contributed by atoms with Gasteiger partial charge in [-0.1, -0.05) is 12.1 Å². The lowest BCUT2D eigenvalue weighted by atomic mass is 10.1. The Morgan fingerprint density at radius 1 is 1.16 bits per heavy atom. The van der Waals surface area contributed by atoms with Crippen molar-refractivity contribution in [3.8, 4) is 10.8 Å². The number of amides is 1. The Bertz CT molecular complexity index is 1040. The number of fused-ring (bicyclic) bond motifs is 1. The van der Waals surface area contributed by atoms with Crippen molar-refractivity contribution in [1.82, 2.24) is 9.88 Å². The molecule has 0 atom stereocenters. The first-order valence-corrected chi connectivity index (χ1v) is 12.0. The number of hydrogen-bond acceptors (Lipinski definition) is 6. The van der Waals surface area contributed by atoms with Crippen molar-refractivity contribution in [1.29, 1.82) is 0 Å². The van der Waals surface area contributed by atoms with Crippen LogP contribution in [0.15, 0.2) is 48.8 Å².